The quantitative estimate of drug-likeness (QED) is 0.320. The van der Waals surface area contributed by atoms with Crippen LogP contribution >= 0.6 is 11.6 Å². The van der Waals surface area contributed by atoms with Gasteiger partial charge in [-0.3, -0.25) is 9.59 Å². The summed E-state index contributed by atoms with van der Waals surface area (Å²) >= 11 is 6.37. The lowest BCUT2D eigenvalue weighted by Gasteiger charge is -2.24. The number of halogens is 1. The van der Waals surface area contributed by atoms with Gasteiger partial charge in [-0.05, 0) is 61.2 Å². The second-order valence-electron chi connectivity index (χ2n) is 8.43. The van der Waals surface area contributed by atoms with Gasteiger partial charge in [0.05, 0.1) is 31.8 Å². The van der Waals surface area contributed by atoms with Crippen LogP contribution in [0, 0.1) is 0 Å². The molecule has 1 N–H and O–H groups in total. The first-order valence-corrected chi connectivity index (χ1v) is 12.0. The molecule has 1 aliphatic rings. The van der Waals surface area contributed by atoms with Crippen molar-refractivity contribution in [2.24, 2.45) is 0 Å². The molecule has 1 unspecified atom stereocenters. The zero-order valence-corrected chi connectivity index (χ0v) is 20.8. The van der Waals surface area contributed by atoms with E-state index in [-0.39, 0.29) is 5.78 Å². The molecule has 0 fully saturated rings. The Balaban J connectivity index is 1.37. The van der Waals surface area contributed by atoms with Gasteiger partial charge in [0.2, 0.25) is 0 Å². The molecule has 0 radical (unpaired) electrons. The Labute approximate surface area is 214 Å². The predicted octanol–water partition coefficient (Wildman–Crippen LogP) is 6.31. The average Bonchev–Trinajstić information content (AvgIpc) is 2.89. The normalized spacial score (nSPS) is 14.4. The Kier molecular flexibility index (Phi) is 8.00. The van der Waals surface area contributed by atoms with Crippen LogP contribution in [0.5, 0.6) is 28.7 Å². The molecule has 0 saturated carbocycles. The van der Waals surface area contributed by atoms with E-state index in [4.69, 9.17) is 30.5 Å². The molecule has 7 nitrogen and oxygen atoms in total. The number of fused-ring (bicyclic) bond motifs is 1. The molecule has 0 aromatic heterocycles. The third-order valence-corrected chi connectivity index (χ3v) is 6.45. The van der Waals surface area contributed by atoms with Crippen molar-refractivity contribution in [3.8, 4) is 28.7 Å². The first kappa shape index (κ1) is 25.4. The maximum Gasteiger partial charge on any atom is 0.311 e. The summed E-state index contributed by atoms with van der Waals surface area (Å²) in [5.41, 5.74) is 2.16. The molecule has 36 heavy (non-hydrogen) atoms. The highest BCUT2D eigenvalue weighted by molar-refractivity contribution is 6.32. The summed E-state index contributed by atoms with van der Waals surface area (Å²) in [5, 5.41) is 9.73. The van der Waals surface area contributed by atoms with Gasteiger partial charge < -0.3 is 24.1 Å². The third-order valence-electron chi connectivity index (χ3n) is 6.15. The molecule has 3 aromatic rings. The van der Waals surface area contributed by atoms with Crippen LogP contribution < -0.4 is 18.9 Å². The van der Waals surface area contributed by atoms with Gasteiger partial charge in [-0.1, -0.05) is 17.7 Å². The first-order valence-electron chi connectivity index (χ1n) is 11.6. The van der Waals surface area contributed by atoms with Crippen LogP contribution in [-0.4, -0.2) is 37.7 Å². The molecule has 0 aliphatic carbocycles. The van der Waals surface area contributed by atoms with Crippen molar-refractivity contribution in [3.05, 3.63) is 76.3 Å². The van der Waals surface area contributed by atoms with Crippen molar-refractivity contribution in [1.29, 1.82) is 0 Å². The number of carboxylic acids is 1. The zero-order chi connectivity index (χ0) is 25.7. The van der Waals surface area contributed by atoms with E-state index in [0.29, 0.717) is 65.7 Å². The Morgan fingerprint density at radius 3 is 2.44 bits per heavy atom. The number of rotatable bonds is 10. The fourth-order valence-electron chi connectivity index (χ4n) is 4.20. The van der Waals surface area contributed by atoms with E-state index >= 15 is 0 Å². The summed E-state index contributed by atoms with van der Waals surface area (Å²) in [5.74, 6) is 1.25. The number of carboxylic acid groups (broad SMARTS) is 1. The minimum atomic E-state index is -0.910. The van der Waals surface area contributed by atoms with Crippen molar-refractivity contribution >= 4 is 23.4 Å². The molecular weight excluding hydrogens is 484 g/mol. The van der Waals surface area contributed by atoms with Crippen molar-refractivity contribution in [3.63, 3.8) is 0 Å². The summed E-state index contributed by atoms with van der Waals surface area (Å²) in [7, 11) is 3.22. The molecule has 0 saturated heterocycles. The van der Waals surface area contributed by atoms with Crippen LogP contribution in [0.15, 0.2) is 54.6 Å². The Morgan fingerprint density at radius 1 is 1.00 bits per heavy atom. The molecule has 0 spiro atoms. The topological polar surface area (TPSA) is 91.3 Å². The van der Waals surface area contributed by atoms with E-state index in [1.165, 1.54) is 0 Å². The van der Waals surface area contributed by atoms with Crippen molar-refractivity contribution in [1.82, 2.24) is 0 Å². The van der Waals surface area contributed by atoms with Gasteiger partial charge in [0.15, 0.2) is 5.78 Å². The molecule has 1 aliphatic heterocycles. The number of ketones is 1. The van der Waals surface area contributed by atoms with Gasteiger partial charge in [0.25, 0.3) is 0 Å². The van der Waals surface area contributed by atoms with Crippen LogP contribution in [-0.2, 0) is 11.2 Å². The van der Waals surface area contributed by atoms with Gasteiger partial charge in [-0.15, -0.1) is 0 Å². The third kappa shape index (κ3) is 5.74. The maximum atomic E-state index is 12.7. The number of methoxy groups -OCH3 is 2. The highest BCUT2D eigenvalue weighted by Gasteiger charge is 2.29. The van der Waals surface area contributed by atoms with Crippen LogP contribution in [0.2, 0.25) is 5.02 Å². The van der Waals surface area contributed by atoms with Crippen molar-refractivity contribution in [2.45, 2.75) is 31.6 Å². The first-order chi connectivity index (χ1) is 17.4. The van der Waals surface area contributed by atoms with Crippen LogP contribution in [0.1, 0.15) is 46.7 Å². The van der Waals surface area contributed by atoms with Gasteiger partial charge in [-0.25, -0.2) is 0 Å². The van der Waals surface area contributed by atoms with E-state index in [0.717, 1.165) is 17.1 Å². The summed E-state index contributed by atoms with van der Waals surface area (Å²) in [6, 6.07) is 15.7. The lowest BCUT2D eigenvalue weighted by atomic mass is 9.93. The van der Waals surface area contributed by atoms with E-state index in [9.17, 15) is 14.7 Å². The Hall–Kier alpha value is -3.71. The molecule has 188 valence electrons. The number of carbonyl (C=O) groups is 2. The predicted molar refractivity (Wildman–Crippen MR) is 135 cm³/mol. The van der Waals surface area contributed by atoms with Crippen LogP contribution in [0.25, 0.3) is 0 Å². The molecule has 0 amide bonds. The van der Waals surface area contributed by atoms with E-state index < -0.39 is 11.9 Å². The summed E-state index contributed by atoms with van der Waals surface area (Å²) < 4.78 is 22.2. The number of aliphatic carboxylic acids is 1. The van der Waals surface area contributed by atoms with Gasteiger partial charge in [-0.2, -0.15) is 0 Å². The number of Topliss-reactive ketones (excluding diaryl/α,β-unsaturated/α-hetero) is 1. The number of carbonyl (C=O) groups excluding carboxylic acids is 1. The Morgan fingerprint density at radius 2 is 1.75 bits per heavy atom. The van der Waals surface area contributed by atoms with Gasteiger partial charge in [0.1, 0.15) is 28.7 Å². The zero-order valence-electron chi connectivity index (χ0n) is 20.1. The lowest BCUT2D eigenvalue weighted by Crippen LogP contribution is -2.20. The summed E-state index contributed by atoms with van der Waals surface area (Å²) in [6.07, 6.45) is 2.18. The van der Waals surface area contributed by atoms with Gasteiger partial charge in [0, 0.05) is 29.7 Å². The molecule has 1 heterocycles. The fraction of sp³-hybridized carbons (Fsp3) is 0.286. The molecule has 0 bridgehead atoms. The molecule has 1 atom stereocenters. The maximum absolute atomic E-state index is 12.7. The number of benzene rings is 3. The number of aryl methyl sites for hydroxylation is 1. The Bertz CT molecular complexity index is 1250. The second kappa shape index (κ2) is 11.4. The number of hydrogen-bond acceptors (Lipinski definition) is 6. The smallest absolute Gasteiger partial charge is 0.311 e. The minimum Gasteiger partial charge on any atom is -0.497 e. The highest BCUT2D eigenvalue weighted by atomic mass is 35.5. The SMILES string of the molecule is COc1ccc(CCCC(=O)c2ccc(Oc3cc4c(cc3Cl)C(C(=O)O)CCO4)cc2)c(OC)c1. The second-order valence-corrected chi connectivity index (χ2v) is 8.84. The molecular formula is C28H27ClO7. The van der Waals surface area contributed by atoms with E-state index in [1.54, 1.807) is 50.6 Å². The number of hydrogen-bond donors (Lipinski definition) is 1. The largest absolute Gasteiger partial charge is 0.497 e. The molecule has 8 heteroatoms. The minimum absolute atomic E-state index is 0.0361. The fourth-order valence-corrected chi connectivity index (χ4v) is 4.41. The molecule has 3 aromatic carbocycles. The lowest BCUT2D eigenvalue weighted by molar-refractivity contribution is -0.139. The van der Waals surface area contributed by atoms with E-state index in [1.807, 2.05) is 18.2 Å². The summed E-state index contributed by atoms with van der Waals surface area (Å²) in [4.78, 5) is 24.2. The highest BCUT2D eigenvalue weighted by Crippen LogP contribution is 2.41. The standard InChI is InChI=1S/C28H27ClO7/c1-33-20-11-8-18(25(14-20)34-2)4-3-5-24(30)17-6-9-19(10-7-17)36-27-16-26-22(15-23(27)29)21(28(31)32)12-13-35-26/h6-11,14-16,21H,3-5,12-13H2,1-2H3,(H,31,32). The average molecular weight is 511 g/mol. The van der Waals surface area contributed by atoms with Crippen LogP contribution in [0.4, 0.5) is 0 Å². The van der Waals surface area contributed by atoms with E-state index in [2.05, 4.69) is 0 Å². The molecule has 4 rings (SSSR count). The monoisotopic (exact) mass is 510 g/mol. The van der Waals surface area contributed by atoms with Gasteiger partial charge >= 0.3 is 5.97 Å². The summed E-state index contributed by atoms with van der Waals surface area (Å²) in [6.45, 7) is 0.313. The van der Waals surface area contributed by atoms with Crippen LogP contribution in [0.3, 0.4) is 0 Å². The van der Waals surface area contributed by atoms with Crippen molar-refractivity contribution < 1.29 is 33.6 Å². The van der Waals surface area contributed by atoms with Crippen molar-refractivity contribution in [2.75, 3.05) is 20.8 Å². The number of ether oxygens (including phenoxy) is 4.